The van der Waals surface area contributed by atoms with Crippen LogP contribution in [0.5, 0.6) is 0 Å². The lowest BCUT2D eigenvalue weighted by atomic mass is 10.2. The van der Waals surface area contributed by atoms with E-state index in [1.807, 2.05) is 0 Å². The second-order valence-electron chi connectivity index (χ2n) is 5.65. The molecule has 0 spiro atoms. The van der Waals surface area contributed by atoms with Crippen LogP contribution in [-0.4, -0.2) is 54.4 Å². The van der Waals surface area contributed by atoms with Crippen molar-refractivity contribution in [2.24, 2.45) is 0 Å². The van der Waals surface area contributed by atoms with E-state index in [1.165, 1.54) is 0 Å². The monoisotopic (exact) mass is 466 g/mol. The number of halogens is 12. The second kappa shape index (κ2) is 7.71. The van der Waals surface area contributed by atoms with Crippen LogP contribution in [0.15, 0.2) is 0 Å². The Morgan fingerprint density at radius 3 is 0.852 bits per heavy atom. The summed E-state index contributed by atoms with van der Waals surface area (Å²) in [5.74, 6) is -12.5. The molecule has 0 saturated carbocycles. The van der Waals surface area contributed by atoms with E-state index in [1.54, 1.807) is 0 Å². The Morgan fingerprint density at radius 1 is 0.481 bits per heavy atom. The minimum Gasteiger partial charge on any atom is -0.377 e. The van der Waals surface area contributed by atoms with Crippen molar-refractivity contribution in [3.63, 3.8) is 0 Å². The molecule has 0 aliphatic carbocycles. The first kappa shape index (κ1) is 26.5. The van der Waals surface area contributed by atoms with Crippen LogP contribution in [0.4, 0.5) is 52.7 Å². The lowest BCUT2D eigenvalue weighted by molar-refractivity contribution is -0.527. The van der Waals surface area contributed by atoms with Crippen molar-refractivity contribution in [2.75, 3.05) is 0 Å². The standard InChI is InChI=1S/C10H14F12O3Si2/c1-26(2)24-5(11,7(13,14)15)9(19,20)23-10(21,22)6(12,8(16,17)18)25-27(3)4/h26-27H,1-4H3. The van der Waals surface area contributed by atoms with Gasteiger partial charge in [0.05, 0.1) is 0 Å². The summed E-state index contributed by atoms with van der Waals surface area (Å²) in [5, 5.41) is 0. The summed E-state index contributed by atoms with van der Waals surface area (Å²) in [4.78, 5) is 0. The molecular weight excluding hydrogens is 452 g/mol. The van der Waals surface area contributed by atoms with Crippen LogP contribution in [0, 0.1) is 0 Å². The highest BCUT2D eigenvalue weighted by molar-refractivity contribution is 6.48. The van der Waals surface area contributed by atoms with Crippen molar-refractivity contribution in [1.82, 2.24) is 0 Å². The molecule has 27 heavy (non-hydrogen) atoms. The smallest absolute Gasteiger partial charge is 0.377 e. The summed E-state index contributed by atoms with van der Waals surface area (Å²) >= 11 is 0. The molecule has 17 heteroatoms. The van der Waals surface area contributed by atoms with Gasteiger partial charge >= 0.3 is 36.3 Å². The van der Waals surface area contributed by atoms with Crippen LogP contribution < -0.4 is 0 Å². The third kappa shape index (κ3) is 5.30. The van der Waals surface area contributed by atoms with Gasteiger partial charge in [0.15, 0.2) is 18.1 Å². The zero-order valence-electron chi connectivity index (χ0n) is 13.9. The van der Waals surface area contributed by atoms with Crippen molar-refractivity contribution >= 4 is 18.1 Å². The van der Waals surface area contributed by atoms with Gasteiger partial charge in [-0.15, -0.1) is 0 Å². The molecule has 0 fully saturated rings. The van der Waals surface area contributed by atoms with Crippen LogP contribution in [0.3, 0.4) is 0 Å². The maximum Gasteiger partial charge on any atom is 0.456 e. The molecule has 0 aliphatic rings. The van der Waals surface area contributed by atoms with E-state index in [4.69, 9.17) is 0 Å². The average molecular weight is 466 g/mol. The van der Waals surface area contributed by atoms with E-state index in [0.717, 1.165) is 26.2 Å². The molecule has 0 aromatic rings. The molecule has 0 amide bonds. The summed E-state index contributed by atoms with van der Waals surface area (Å²) in [7, 11) is -6.80. The van der Waals surface area contributed by atoms with Crippen molar-refractivity contribution in [3.8, 4) is 0 Å². The van der Waals surface area contributed by atoms with Crippen molar-refractivity contribution in [3.05, 3.63) is 0 Å². The molecule has 3 nitrogen and oxygen atoms in total. The molecule has 0 aliphatic heterocycles. The zero-order chi connectivity index (χ0) is 22.3. The third-order valence-electron chi connectivity index (χ3n) is 2.53. The Morgan fingerprint density at radius 2 is 0.704 bits per heavy atom. The van der Waals surface area contributed by atoms with Crippen molar-refractivity contribution < 1.29 is 66.3 Å². The quantitative estimate of drug-likeness (QED) is 0.385. The minimum absolute atomic E-state index is 0.719. The van der Waals surface area contributed by atoms with Crippen LogP contribution in [0.1, 0.15) is 0 Å². The molecule has 0 heterocycles. The first-order valence-electron chi connectivity index (χ1n) is 6.87. The third-order valence-corrected chi connectivity index (χ3v) is 4.12. The molecule has 0 radical (unpaired) electrons. The second-order valence-corrected chi connectivity index (χ2v) is 10.3. The highest BCUT2D eigenvalue weighted by Gasteiger charge is 2.82. The topological polar surface area (TPSA) is 27.7 Å². The minimum atomic E-state index is -6.77. The predicted molar refractivity (Wildman–Crippen MR) is 70.7 cm³/mol. The predicted octanol–water partition coefficient (Wildman–Crippen LogP) is 4.64. The first-order valence-corrected chi connectivity index (χ1v) is 12.4. The summed E-state index contributed by atoms with van der Waals surface area (Å²) in [6.07, 6.45) is -27.0. The lowest BCUT2D eigenvalue weighted by Gasteiger charge is -2.40. The van der Waals surface area contributed by atoms with Gasteiger partial charge in [-0.25, -0.2) is 4.74 Å². The number of alkyl halides is 12. The van der Waals surface area contributed by atoms with Gasteiger partial charge in [0.25, 0.3) is 0 Å². The summed E-state index contributed by atoms with van der Waals surface area (Å²) < 4.78 is 167. The maximum absolute atomic E-state index is 13.8. The number of rotatable bonds is 8. The van der Waals surface area contributed by atoms with Gasteiger partial charge in [-0.2, -0.15) is 52.7 Å². The lowest BCUT2D eigenvalue weighted by Crippen LogP contribution is -2.66. The van der Waals surface area contributed by atoms with Gasteiger partial charge in [0.1, 0.15) is 0 Å². The molecule has 0 aromatic carbocycles. The van der Waals surface area contributed by atoms with E-state index in [9.17, 15) is 52.7 Å². The van der Waals surface area contributed by atoms with Gasteiger partial charge < -0.3 is 8.85 Å². The number of ether oxygens (including phenoxy) is 1. The summed E-state index contributed by atoms with van der Waals surface area (Å²) in [6, 6.07) is 0. The Kier molecular flexibility index (Phi) is 7.56. The average Bonchev–Trinajstić information content (AvgIpc) is 2.32. The fourth-order valence-corrected chi connectivity index (χ4v) is 3.38. The van der Waals surface area contributed by atoms with Gasteiger partial charge in [0.2, 0.25) is 0 Å². The molecule has 2 atom stereocenters. The fraction of sp³-hybridized carbons (Fsp3) is 1.00. The Hall–Kier alpha value is -0.526. The molecule has 0 saturated heterocycles. The van der Waals surface area contributed by atoms with E-state index in [0.29, 0.717) is 0 Å². The van der Waals surface area contributed by atoms with Crippen LogP contribution in [0.25, 0.3) is 0 Å². The fourth-order valence-electron chi connectivity index (χ4n) is 1.54. The maximum atomic E-state index is 13.8. The number of hydrogen-bond acceptors (Lipinski definition) is 3. The summed E-state index contributed by atoms with van der Waals surface area (Å²) in [5.41, 5.74) is 0. The van der Waals surface area contributed by atoms with Gasteiger partial charge in [-0.1, -0.05) is 0 Å². The van der Waals surface area contributed by atoms with E-state index in [2.05, 4.69) is 13.6 Å². The molecule has 0 rings (SSSR count). The van der Waals surface area contributed by atoms with E-state index >= 15 is 0 Å². The van der Waals surface area contributed by atoms with Gasteiger partial charge in [-0.05, 0) is 26.2 Å². The normalized spacial score (nSPS) is 19.3. The van der Waals surface area contributed by atoms with Crippen LogP contribution in [-0.2, 0) is 13.6 Å². The molecule has 164 valence electrons. The Bertz CT molecular complexity index is 465. The number of hydrogen-bond donors (Lipinski definition) is 0. The van der Waals surface area contributed by atoms with E-state index < -0.39 is 54.4 Å². The molecule has 0 aromatic heterocycles. The van der Waals surface area contributed by atoms with Crippen LogP contribution in [0.2, 0.25) is 26.2 Å². The SMILES string of the molecule is C[SiH](C)OC(F)(C(F)(F)F)C(F)(F)OC(F)(F)C(F)(O[SiH](C)C)C(F)(F)F. The summed E-state index contributed by atoms with van der Waals surface area (Å²) in [6.45, 7) is 2.88. The zero-order valence-corrected chi connectivity index (χ0v) is 16.2. The molecule has 2 unspecified atom stereocenters. The Balaban J connectivity index is 6.23. The Labute approximate surface area is 148 Å². The van der Waals surface area contributed by atoms with Gasteiger partial charge in [-0.3, -0.25) is 0 Å². The molecular formula is C10H14F12O3Si2. The first-order chi connectivity index (χ1) is 11.5. The highest BCUT2D eigenvalue weighted by Crippen LogP contribution is 2.54. The van der Waals surface area contributed by atoms with Gasteiger partial charge in [0, 0.05) is 0 Å². The molecule has 0 N–H and O–H groups in total. The largest absolute Gasteiger partial charge is 0.456 e. The highest BCUT2D eigenvalue weighted by atomic mass is 28.3. The van der Waals surface area contributed by atoms with Crippen LogP contribution >= 0.6 is 0 Å². The van der Waals surface area contributed by atoms with Crippen molar-refractivity contribution in [2.45, 2.75) is 62.5 Å². The molecule has 0 bridgehead atoms. The van der Waals surface area contributed by atoms with E-state index in [-0.39, 0.29) is 0 Å². The van der Waals surface area contributed by atoms with Crippen molar-refractivity contribution in [1.29, 1.82) is 0 Å².